The van der Waals surface area contributed by atoms with Crippen molar-refractivity contribution in [2.45, 2.75) is 26.1 Å². The molecule has 0 saturated heterocycles. The van der Waals surface area contributed by atoms with Crippen molar-refractivity contribution in [1.29, 1.82) is 0 Å². The number of ether oxygens (including phenoxy) is 1. The topological polar surface area (TPSA) is 26.3 Å². The molecule has 0 amide bonds. The summed E-state index contributed by atoms with van der Waals surface area (Å²) in [5, 5.41) is 0. The molecular formula is C8H9F5O2. The molecular weight excluding hydrogens is 223 g/mol. The van der Waals surface area contributed by atoms with Crippen LogP contribution >= 0.6 is 0 Å². The summed E-state index contributed by atoms with van der Waals surface area (Å²) in [6.07, 6.45) is -9.48. The van der Waals surface area contributed by atoms with Gasteiger partial charge in [0.2, 0.25) is 0 Å². The molecule has 0 spiro atoms. The normalized spacial score (nSPS) is 13.5. The highest BCUT2D eigenvalue weighted by atomic mass is 19.4. The molecule has 0 aliphatic heterocycles. The van der Waals surface area contributed by atoms with Crippen molar-refractivity contribution in [3.63, 3.8) is 0 Å². The van der Waals surface area contributed by atoms with E-state index in [2.05, 4.69) is 11.3 Å². The molecule has 0 rings (SSSR count). The van der Waals surface area contributed by atoms with Gasteiger partial charge in [0, 0.05) is 6.08 Å². The zero-order valence-electron chi connectivity index (χ0n) is 7.99. The molecule has 0 aliphatic carbocycles. The van der Waals surface area contributed by atoms with Gasteiger partial charge in [0.25, 0.3) is 0 Å². The third-order valence-corrected chi connectivity index (χ3v) is 1.83. The minimum Gasteiger partial charge on any atom is -0.397 e. The molecule has 0 aliphatic rings. The van der Waals surface area contributed by atoms with Gasteiger partial charge in [-0.3, -0.25) is 0 Å². The first-order valence-corrected chi connectivity index (χ1v) is 3.75. The summed E-state index contributed by atoms with van der Waals surface area (Å²) in [5.41, 5.74) is -3.46. The van der Waals surface area contributed by atoms with Gasteiger partial charge in [-0.1, -0.05) is 6.58 Å². The predicted molar refractivity (Wildman–Crippen MR) is 41.1 cm³/mol. The second-order valence-electron chi connectivity index (χ2n) is 3.26. The van der Waals surface area contributed by atoms with Crippen molar-refractivity contribution < 1.29 is 31.5 Å². The first-order valence-electron chi connectivity index (χ1n) is 3.75. The van der Waals surface area contributed by atoms with Gasteiger partial charge in [-0.25, -0.2) is 4.79 Å². The highest BCUT2D eigenvalue weighted by Crippen LogP contribution is 2.49. The Bertz CT molecular complexity index is 267. The van der Waals surface area contributed by atoms with Crippen molar-refractivity contribution in [3.05, 3.63) is 12.7 Å². The van der Waals surface area contributed by atoms with E-state index < -0.39 is 23.7 Å². The number of hydrogen-bond acceptors (Lipinski definition) is 2. The summed E-state index contributed by atoms with van der Waals surface area (Å²) < 4.78 is 65.8. The van der Waals surface area contributed by atoms with E-state index in [1.807, 2.05) is 0 Å². The van der Waals surface area contributed by atoms with Crippen molar-refractivity contribution in [3.8, 4) is 0 Å². The molecule has 0 aromatic heterocycles. The van der Waals surface area contributed by atoms with E-state index >= 15 is 0 Å². The lowest BCUT2D eigenvalue weighted by atomic mass is 9.91. The molecule has 0 atom stereocenters. The summed E-state index contributed by atoms with van der Waals surface area (Å²) in [7, 11) is 0. The van der Waals surface area contributed by atoms with E-state index in [1.165, 1.54) is 0 Å². The van der Waals surface area contributed by atoms with E-state index in [4.69, 9.17) is 0 Å². The standard InChI is InChI=1S/C8H9F5O2/c1-4-5(14)15-8(12,13)6(2,3)7(9,10)11/h4H,1H2,2-3H3. The monoisotopic (exact) mass is 232 g/mol. The third-order valence-electron chi connectivity index (χ3n) is 1.83. The Kier molecular flexibility index (Phi) is 3.50. The first-order chi connectivity index (χ1) is 6.45. The van der Waals surface area contributed by atoms with Gasteiger partial charge in [-0.05, 0) is 13.8 Å². The van der Waals surface area contributed by atoms with Crippen LogP contribution in [-0.2, 0) is 9.53 Å². The highest BCUT2D eigenvalue weighted by Gasteiger charge is 2.65. The van der Waals surface area contributed by atoms with E-state index in [9.17, 15) is 26.7 Å². The molecule has 0 bridgehead atoms. The van der Waals surface area contributed by atoms with Gasteiger partial charge in [-0.2, -0.15) is 22.0 Å². The van der Waals surface area contributed by atoms with Crippen LogP contribution in [0.5, 0.6) is 0 Å². The van der Waals surface area contributed by atoms with Gasteiger partial charge in [0.15, 0.2) is 5.41 Å². The van der Waals surface area contributed by atoms with Gasteiger partial charge >= 0.3 is 18.3 Å². The maximum Gasteiger partial charge on any atom is 0.414 e. The van der Waals surface area contributed by atoms with Crippen molar-refractivity contribution in [2.24, 2.45) is 5.41 Å². The minimum absolute atomic E-state index is 0.239. The van der Waals surface area contributed by atoms with Crippen molar-refractivity contribution in [1.82, 2.24) is 0 Å². The Morgan fingerprint density at radius 2 is 1.60 bits per heavy atom. The lowest BCUT2D eigenvalue weighted by Crippen LogP contribution is -2.50. The molecule has 0 aromatic carbocycles. The highest BCUT2D eigenvalue weighted by molar-refractivity contribution is 5.81. The number of esters is 1. The van der Waals surface area contributed by atoms with Crippen LogP contribution in [0.15, 0.2) is 12.7 Å². The van der Waals surface area contributed by atoms with Crippen LogP contribution in [0.4, 0.5) is 22.0 Å². The maximum atomic E-state index is 12.9. The lowest BCUT2D eigenvalue weighted by Gasteiger charge is -2.33. The summed E-state index contributed by atoms with van der Waals surface area (Å²) in [4.78, 5) is 10.4. The number of carbonyl (C=O) groups excluding carboxylic acids is 1. The molecule has 15 heavy (non-hydrogen) atoms. The fourth-order valence-corrected chi connectivity index (χ4v) is 0.461. The molecule has 0 saturated carbocycles. The SMILES string of the molecule is C=CC(=O)OC(F)(F)C(C)(C)C(F)(F)F. The lowest BCUT2D eigenvalue weighted by molar-refractivity contribution is -0.357. The third kappa shape index (κ3) is 2.66. The second kappa shape index (κ2) is 3.79. The van der Waals surface area contributed by atoms with E-state index in [1.54, 1.807) is 0 Å². The van der Waals surface area contributed by atoms with Gasteiger partial charge < -0.3 is 4.74 Å². The smallest absolute Gasteiger partial charge is 0.397 e. The number of hydrogen-bond donors (Lipinski definition) is 0. The van der Waals surface area contributed by atoms with Gasteiger partial charge in [-0.15, -0.1) is 0 Å². The molecule has 0 unspecified atom stereocenters. The number of halogens is 5. The van der Waals surface area contributed by atoms with Gasteiger partial charge in [0.1, 0.15) is 0 Å². The van der Waals surface area contributed by atoms with Crippen LogP contribution in [0, 0.1) is 5.41 Å². The van der Waals surface area contributed by atoms with Crippen LogP contribution in [0.2, 0.25) is 0 Å². The summed E-state index contributed by atoms with van der Waals surface area (Å²) in [6.45, 7) is 3.28. The van der Waals surface area contributed by atoms with E-state index in [-0.39, 0.29) is 13.8 Å². The molecule has 88 valence electrons. The molecule has 0 radical (unpaired) electrons. The molecule has 2 nitrogen and oxygen atoms in total. The Morgan fingerprint density at radius 1 is 1.20 bits per heavy atom. The molecule has 0 N–H and O–H groups in total. The molecule has 0 aromatic rings. The zero-order chi connectivity index (χ0) is 12.5. The van der Waals surface area contributed by atoms with Crippen molar-refractivity contribution >= 4 is 5.97 Å². The summed E-state index contributed by atoms with van der Waals surface area (Å²) >= 11 is 0. The van der Waals surface area contributed by atoms with Crippen LogP contribution in [0.1, 0.15) is 13.8 Å². The van der Waals surface area contributed by atoms with Crippen LogP contribution in [0.25, 0.3) is 0 Å². The quantitative estimate of drug-likeness (QED) is 0.425. The van der Waals surface area contributed by atoms with Crippen LogP contribution < -0.4 is 0 Å². The van der Waals surface area contributed by atoms with E-state index in [0.717, 1.165) is 0 Å². The van der Waals surface area contributed by atoms with E-state index in [0.29, 0.717) is 6.08 Å². The average molecular weight is 232 g/mol. The maximum absolute atomic E-state index is 12.9. The zero-order valence-corrected chi connectivity index (χ0v) is 7.99. The Hall–Kier alpha value is -1.14. The number of alkyl halides is 5. The Balaban J connectivity index is 5.01. The Morgan fingerprint density at radius 3 is 1.87 bits per heavy atom. The van der Waals surface area contributed by atoms with Crippen molar-refractivity contribution in [2.75, 3.05) is 0 Å². The number of rotatable bonds is 3. The second-order valence-corrected chi connectivity index (χ2v) is 3.26. The predicted octanol–water partition coefficient (Wildman–Crippen LogP) is 2.90. The summed E-state index contributed by atoms with van der Waals surface area (Å²) in [6, 6.07) is 0. The fraction of sp³-hybridized carbons (Fsp3) is 0.625. The average Bonchev–Trinajstić information content (AvgIpc) is 2.00. The largest absolute Gasteiger partial charge is 0.414 e. The van der Waals surface area contributed by atoms with Crippen LogP contribution in [0.3, 0.4) is 0 Å². The van der Waals surface area contributed by atoms with Gasteiger partial charge in [0.05, 0.1) is 0 Å². The number of carbonyl (C=O) groups is 1. The molecule has 0 heterocycles. The summed E-state index contributed by atoms with van der Waals surface area (Å²) in [5.74, 6) is -1.61. The van der Waals surface area contributed by atoms with Crippen LogP contribution in [-0.4, -0.2) is 18.3 Å². The minimum atomic E-state index is -5.20. The molecule has 7 heteroatoms. The Labute approximate surface area is 82.7 Å². The first kappa shape index (κ1) is 13.9. The fourth-order valence-electron chi connectivity index (χ4n) is 0.461. The molecule has 0 fully saturated rings.